The zero-order valence-corrected chi connectivity index (χ0v) is 13.4. The molecule has 120 valence electrons. The Balaban J connectivity index is 0.000000219. The van der Waals surface area contributed by atoms with Gasteiger partial charge >= 0.3 is 5.37 Å². The molecule has 0 aromatic carbocycles. The summed E-state index contributed by atoms with van der Waals surface area (Å²) in [4.78, 5) is 37.3. The molecule has 0 aromatic heterocycles. The van der Waals surface area contributed by atoms with Crippen LogP contribution in [0.1, 0.15) is 13.8 Å². The van der Waals surface area contributed by atoms with Crippen molar-refractivity contribution in [3.63, 3.8) is 0 Å². The van der Waals surface area contributed by atoms with Crippen molar-refractivity contribution in [2.24, 2.45) is 0 Å². The highest BCUT2D eigenvalue weighted by molar-refractivity contribution is 6.62. The van der Waals surface area contributed by atoms with Crippen LogP contribution in [-0.4, -0.2) is 84.2 Å². The second-order valence-corrected chi connectivity index (χ2v) is 5.33. The predicted octanol–water partition coefficient (Wildman–Crippen LogP) is -0.0526. The Hall–Kier alpha value is -1.34. The van der Waals surface area contributed by atoms with Crippen molar-refractivity contribution in [3.8, 4) is 0 Å². The summed E-state index contributed by atoms with van der Waals surface area (Å²) >= 11 is 5.27. The van der Waals surface area contributed by atoms with E-state index >= 15 is 0 Å². The first kappa shape index (κ1) is 17.7. The third-order valence-corrected chi connectivity index (χ3v) is 3.77. The Bertz CT molecular complexity index is 356. The summed E-state index contributed by atoms with van der Waals surface area (Å²) in [5, 5.41) is 2.74. The van der Waals surface area contributed by atoms with E-state index in [-0.39, 0.29) is 11.8 Å². The van der Waals surface area contributed by atoms with E-state index in [1.807, 2.05) is 4.90 Å². The van der Waals surface area contributed by atoms with Gasteiger partial charge < -0.3 is 20.0 Å². The second kappa shape index (κ2) is 8.84. The minimum absolute atomic E-state index is 0.0525. The Kier molecular flexibility index (Phi) is 7.45. The standard InChI is InChI=1S/C7H11ClN2O2.C6H12N2O/c1-6(11)9-2-4-10(5-3-9)7(8)12;1-6(9)8-4-2-7-3-5-8/h2-5H2,1H3;7H,2-5H2,1H3. The molecule has 8 heteroatoms. The molecule has 2 aliphatic rings. The highest BCUT2D eigenvalue weighted by Crippen LogP contribution is 2.04. The zero-order valence-electron chi connectivity index (χ0n) is 12.6. The Morgan fingerprint density at radius 3 is 1.48 bits per heavy atom. The molecule has 0 unspecified atom stereocenters. The number of halogens is 1. The molecule has 0 bridgehead atoms. The minimum Gasteiger partial charge on any atom is -0.340 e. The number of piperazine rings is 2. The van der Waals surface area contributed by atoms with Gasteiger partial charge in [-0.2, -0.15) is 0 Å². The van der Waals surface area contributed by atoms with Crippen LogP contribution < -0.4 is 5.32 Å². The van der Waals surface area contributed by atoms with E-state index in [1.165, 1.54) is 11.8 Å². The first-order valence-corrected chi connectivity index (χ1v) is 7.45. The molecule has 0 saturated carbocycles. The predicted molar refractivity (Wildman–Crippen MR) is 80.2 cm³/mol. The van der Waals surface area contributed by atoms with Crippen LogP contribution in [0.25, 0.3) is 0 Å². The van der Waals surface area contributed by atoms with Crippen LogP contribution in [0.3, 0.4) is 0 Å². The van der Waals surface area contributed by atoms with Crippen molar-refractivity contribution in [1.82, 2.24) is 20.0 Å². The fourth-order valence-electron chi connectivity index (χ4n) is 2.18. The van der Waals surface area contributed by atoms with Crippen molar-refractivity contribution >= 4 is 28.8 Å². The van der Waals surface area contributed by atoms with Crippen molar-refractivity contribution in [2.45, 2.75) is 13.8 Å². The van der Waals surface area contributed by atoms with E-state index in [4.69, 9.17) is 11.6 Å². The monoisotopic (exact) mass is 318 g/mol. The van der Waals surface area contributed by atoms with E-state index in [0.29, 0.717) is 26.2 Å². The largest absolute Gasteiger partial charge is 0.340 e. The van der Waals surface area contributed by atoms with Crippen LogP contribution in [0.4, 0.5) is 4.79 Å². The maximum Gasteiger partial charge on any atom is 0.316 e. The van der Waals surface area contributed by atoms with Crippen molar-refractivity contribution in [3.05, 3.63) is 0 Å². The van der Waals surface area contributed by atoms with Gasteiger partial charge in [-0.3, -0.25) is 14.4 Å². The zero-order chi connectivity index (χ0) is 15.8. The lowest BCUT2D eigenvalue weighted by atomic mass is 10.3. The van der Waals surface area contributed by atoms with Gasteiger partial charge in [0.15, 0.2) is 0 Å². The van der Waals surface area contributed by atoms with E-state index in [9.17, 15) is 14.4 Å². The molecule has 2 heterocycles. The molecule has 7 nitrogen and oxygen atoms in total. The Morgan fingerprint density at radius 2 is 1.14 bits per heavy atom. The molecule has 2 saturated heterocycles. The smallest absolute Gasteiger partial charge is 0.316 e. The van der Waals surface area contributed by atoms with Gasteiger partial charge in [0, 0.05) is 66.2 Å². The number of rotatable bonds is 0. The van der Waals surface area contributed by atoms with Gasteiger partial charge in [-0.25, -0.2) is 0 Å². The maximum atomic E-state index is 10.9. The van der Waals surface area contributed by atoms with E-state index < -0.39 is 5.37 Å². The summed E-state index contributed by atoms with van der Waals surface area (Å²) in [5.74, 6) is 0.244. The summed E-state index contributed by atoms with van der Waals surface area (Å²) in [5.41, 5.74) is 0. The molecule has 2 rings (SSSR count). The minimum atomic E-state index is -0.432. The lowest BCUT2D eigenvalue weighted by Gasteiger charge is -2.32. The molecular formula is C13H23ClN4O3. The van der Waals surface area contributed by atoms with Gasteiger partial charge in [0.1, 0.15) is 0 Å². The lowest BCUT2D eigenvalue weighted by molar-refractivity contribution is -0.130. The first-order valence-electron chi connectivity index (χ1n) is 7.08. The average molecular weight is 319 g/mol. The van der Waals surface area contributed by atoms with Crippen LogP contribution in [0.2, 0.25) is 0 Å². The second-order valence-electron chi connectivity index (χ2n) is 5.00. The number of nitrogens with zero attached hydrogens (tertiary/aromatic N) is 3. The molecule has 2 fully saturated rings. The van der Waals surface area contributed by atoms with Crippen LogP contribution in [-0.2, 0) is 9.59 Å². The van der Waals surface area contributed by atoms with Gasteiger partial charge in [0.05, 0.1) is 0 Å². The number of carbonyl (C=O) groups is 3. The molecule has 0 radical (unpaired) electrons. The van der Waals surface area contributed by atoms with Crippen LogP contribution >= 0.6 is 11.6 Å². The molecule has 2 aliphatic heterocycles. The summed E-state index contributed by atoms with van der Waals surface area (Å²) in [6.07, 6.45) is 0. The van der Waals surface area contributed by atoms with Gasteiger partial charge in [-0.05, 0) is 11.6 Å². The van der Waals surface area contributed by atoms with Gasteiger partial charge in [0.25, 0.3) is 0 Å². The summed E-state index contributed by atoms with van der Waals surface area (Å²) in [6, 6.07) is 0. The van der Waals surface area contributed by atoms with Crippen molar-refractivity contribution < 1.29 is 14.4 Å². The Morgan fingerprint density at radius 1 is 0.762 bits per heavy atom. The van der Waals surface area contributed by atoms with E-state index in [0.717, 1.165) is 26.2 Å². The maximum absolute atomic E-state index is 10.9. The normalized spacial score (nSPS) is 18.7. The van der Waals surface area contributed by atoms with Crippen molar-refractivity contribution in [1.29, 1.82) is 0 Å². The van der Waals surface area contributed by atoms with Crippen LogP contribution in [0.5, 0.6) is 0 Å². The molecule has 0 atom stereocenters. The van der Waals surface area contributed by atoms with Gasteiger partial charge in [-0.15, -0.1) is 0 Å². The molecule has 3 amide bonds. The fourth-order valence-corrected chi connectivity index (χ4v) is 2.35. The molecule has 0 aromatic rings. The SMILES string of the molecule is CC(=O)N1CCN(C(=O)Cl)CC1.CC(=O)N1CCNCC1. The Labute approximate surface area is 130 Å². The van der Waals surface area contributed by atoms with E-state index in [2.05, 4.69) is 5.32 Å². The molecule has 0 spiro atoms. The molecule has 21 heavy (non-hydrogen) atoms. The van der Waals surface area contributed by atoms with Crippen LogP contribution in [0.15, 0.2) is 0 Å². The topological polar surface area (TPSA) is 73.0 Å². The lowest BCUT2D eigenvalue weighted by Crippen LogP contribution is -2.48. The third-order valence-electron chi connectivity index (χ3n) is 3.54. The van der Waals surface area contributed by atoms with Crippen LogP contribution in [0, 0.1) is 0 Å². The third kappa shape index (κ3) is 6.31. The quantitative estimate of drug-likeness (QED) is 0.502. The number of hydrogen-bond acceptors (Lipinski definition) is 4. The molecule has 0 aliphatic carbocycles. The fraction of sp³-hybridized carbons (Fsp3) is 0.769. The summed E-state index contributed by atoms with van der Waals surface area (Å²) in [6.45, 7) is 9.04. The first-order chi connectivity index (χ1) is 9.91. The summed E-state index contributed by atoms with van der Waals surface area (Å²) in [7, 11) is 0. The highest BCUT2D eigenvalue weighted by atomic mass is 35.5. The van der Waals surface area contributed by atoms with Gasteiger partial charge in [-0.1, -0.05) is 0 Å². The average Bonchev–Trinajstić information content (AvgIpc) is 2.49. The number of carbonyl (C=O) groups excluding carboxylic acids is 3. The molecule has 1 N–H and O–H groups in total. The van der Waals surface area contributed by atoms with Gasteiger partial charge in [0.2, 0.25) is 11.8 Å². The highest BCUT2D eigenvalue weighted by Gasteiger charge is 2.20. The molecular weight excluding hydrogens is 296 g/mol. The van der Waals surface area contributed by atoms with Crippen molar-refractivity contribution in [2.75, 3.05) is 52.4 Å². The summed E-state index contributed by atoms with van der Waals surface area (Å²) < 4.78 is 0. The number of nitrogens with one attached hydrogen (secondary N) is 1. The number of hydrogen-bond donors (Lipinski definition) is 1. The van der Waals surface area contributed by atoms with E-state index in [1.54, 1.807) is 11.8 Å². The number of amides is 3.